The first-order valence-corrected chi connectivity index (χ1v) is 11.9. The lowest BCUT2D eigenvalue weighted by Gasteiger charge is -2.39. The Morgan fingerprint density at radius 3 is 2.65 bits per heavy atom. The molecule has 1 aliphatic carbocycles. The number of ether oxygens (including phenoxy) is 1. The van der Waals surface area contributed by atoms with Crippen LogP contribution in [0.4, 0.5) is 10.1 Å². The maximum Gasteiger partial charge on any atom is 0.267 e. The van der Waals surface area contributed by atoms with Gasteiger partial charge in [-0.3, -0.25) is 24.7 Å². The lowest BCUT2D eigenvalue weighted by molar-refractivity contribution is -0.126. The van der Waals surface area contributed by atoms with E-state index < -0.39 is 23.2 Å². The third kappa shape index (κ3) is 4.94. The zero-order valence-corrected chi connectivity index (χ0v) is 19.5. The first-order valence-electron chi connectivity index (χ1n) is 11.6. The van der Waals surface area contributed by atoms with E-state index in [1.807, 2.05) is 0 Å². The molecule has 11 heteroatoms. The lowest BCUT2D eigenvalue weighted by atomic mass is 9.69. The number of nitrogens with zero attached hydrogens (tertiary/aromatic N) is 1. The number of hydrogen-bond acceptors (Lipinski definition) is 6. The molecule has 34 heavy (non-hydrogen) atoms. The second-order valence-corrected chi connectivity index (χ2v) is 9.43. The molecule has 4 rings (SSSR count). The molecule has 2 fully saturated rings. The van der Waals surface area contributed by atoms with Crippen molar-refractivity contribution in [2.24, 2.45) is 22.6 Å². The van der Waals surface area contributed by atoms with E-state index in [0.717, 1.165) is 18.9 Å². The Hall–Kier alpha value is -2.56. The summed E-state index contributed by atoms with van der Waals surface area (Å²) in [5, 5.41) is 8.78. The molecule has 2 heterocycles. The SMILES string of the molecule is NC(=O)C1(C2CCC(C(=O)Nc3ccc(F)cc3Cl)CC2)NCN=C1C(=O)NC[C@H]1CCCO1. The van der Waals surface area contributed by atoms with Crippen molar-refractivity contribution in [3.63, 3.8) is 0 Å². The Kier molecular flexibility index (Phi) is 7.49. The smallest absolute Gasteiger partial charge is 0.267 e. The van der Waals surface area contributed by atoms with Crippen LogP contribution < -0.4 is 21.7 Å². The molecule has 3 amide bonds. The Labute approximate surface area is 202 Å². The number of benzene rings is 1. The quantitative estimate of drug-likeness (QED) is 0.459. The van der Waals surface area contributed by atoms with Gasteiger partial charge < -0.3 is 21.1 Å². The molecule has 5 N–H and O–H groups in total. The molecule has 2 atom stereocenters. The Morgan fingerprint density at radius 1 is 1.24 bits per heavy atom. The second kappa shape index (κ2) is 10.4. The van der Waals surface area contributed by atoms with Crippen molar-refractivity contribution in [2.45, 2.75) is 50.2 Å². The highest BCUT2D eigenvalue weighted by atomic mass is 35.5. The van der Waals surface area contributed by atoms with Gasteiger partial charge in [0.2, 0.25) is 11.8 Å². The van der Waals surface area contributed by atoms with E-state index in [2.05, 4.69) is 20.9 Å². The summed E-state index contributed by atoms with van der Waals surface area (Å²) in [4.78, 5) is 42.7. The number of amides is 3. The molecule has 9 nitrogen and oxygen atoms in total. The number of anilines is 1. The highest BCUT2D eigenvalue weighted by Gasteiger charge is 2.54. The van der Waals surface area contributed by atoms with Crippen molar-refractivity contribution >= 4 is 40.7 Å². The first kappa shape index (κ1) is 24.6. The normalized spacial score (nSPS) is 28.9. The van der Waals surface area contributed by atoms with Crippen LogP contribution in [0.15, 0.2) is 23.2 Å². The van der Waals surface area contributed by atoms with E-state index >= 15 is 0 Å². The van der Waals surface area contributed by atoms with Gasteiger partial charge in [0.15, 0.2) is 0 Å². The fourth-order valence-electron chi connectivity index (χ4n) is 5.16. The third-order valence-corrected chi connectivity index (χ3v) is 7.30. The molecule has 3 aliphatic rings. The molecule has 2 aliphatic heterocycles. The molecule has 1 aromatic rings. The summed E-state index contributed by atoms with van der Waals surface area (Å²) in [7, 11) is 0. The van der Waals surface area contributed by atoms with E-state index in [9.17, 15) is 18.8 Å². The maximum absolute atomic E-state index is 13.3. The third-order valence-electron chi connectivity index (χ3n) is 6.99. The van der Waals surface area contributed by atoms with E-state index in [4.69, 9.17) is 22.1 Å². The van der Waals surface area contributed by atoms with Crippen molar-refractivity contribution in [1.82, 2.24) is 10.6 Å². The average molecular weight is 494 g/mol. The van der Waals surface area contributed by atoms with Crippen LogP contribution in [0.3, 0.4) is 0 Å². The van der Waals surface area contributed by atoms with Crippen molar-refractivity contribution < 1.29 is 23.5 Å². The summed E-state index contributed by atoms with van der Waals surface area (Å²) in [5.41, 5.74) is 4.90. The first-order chi connectivity index (χ1) is 16.3. The number of nitrogens with one attached hydrogen (secondary N) is 3. The van der Waals surface area contributed by atoms with Crippen LogP contribution in [0, 0.1) is 17.7 Å². The zero-order chi connectivity index (χ0) is 24.3. The van der Waals surface area contributed by atoms with Crippen LogP contribution in [-0.4, -0.2) is 54.9 Å². The Balaban J connectivity index is 1.39. The van der Waals surface area contributed by atoms with Gasteiger partial charge in [0, 0.05) is 19.1 Å². The lowest BCUT2D eigenvalue weighted by Crippen LogP contribution is -2.66. The number of hydrogen-bond donors (Lipinski definition) is 4. The Morgan fingerprint density at radius 2 is 2.00 bits per heavy atom. The predicted octanol–water partition coefficient (Wildman–Crippen LogP) is 1.74. The van der Waals surface area contributed by atoms with Crippen molar-refractivity contribution in [3.8, 4) is 0 Å². The van der Waals surface area contributed by atoms with Crippen molar-refractivity contribution in [1.29, 1.82) is 0 Å². The molecule has 1 saturated heterocycles. The molecule has 1 aromatic carbocycles. The summed E-state index contributed by atoms with van der Waals surface area (Å²) in [6.07, 6.45) is 3.80. The molecule has 0 radical (unpaired) electrons. The standard InChI is InChI=1S/C23H29ClFN5O4/c24-17-10-15(25)7-8-18(17)30-20(31)13-3-5-14(6-4-13)23(22(26)33)19(28-12-29-23)21(32)27-11-16-2-1-9-34-16/h7-8,10,13-14,16,29H,1-6,9,11-12H2,(H2,26,33)(H,27,32)(H,30,31)/t13?,14?,16-,23?/m1/s1. The molecular formula is C23H29ClFN5O4. The zero-order valence-electron chi connectivity index (χ0n) is 18.7. The van der Waals surface area contributed by atoms with Crippen LogP contribution in [0.1, 0.15) is 38.5 Å². The minimum Gasteiger partial charge on any atom is -0.376 e. The Bertz CT molecular complexity index is 992. The van der Waals surface area contributed by atoms with Gasteiger partial charge >= 0.3 is 0 Å². The summed E-state index contributed by atoms with van der Waals surface area (Å²) in [6.45, 7) is 1.15. The van der Waals surface area contributed by atoms with Crippen LogP contribution in [0.25, 0.3) is 0 Å². The number of rotatable bonds is 7. The van der Waals surface area contributed by atoms with Gasteiger partial charge in [0.25, 0.3) is 5.91 Å². The number of carbonyl (C=O) groups is 3. The topological polar surface area (TPSA) is 135 Å². The number of nitrogens with two attached hydrogens (primary N) is 1. The monoisotopic (exact) mass is 493 g/mol. The predicted molar refractivity (Wildman–Crippen MR) is 125 cm³/mol. The largest absolute Gasteiger partial charge is 0.376 e. The van der Waals surface area contributed by atoms with Crippen LogP contribution >= 0.6 is 11.6 Å². The average Bonchev–Trinajstić information content (AvgIpc) is 3.50. The van der Waals surface area contributed by atoms with Gasteiger partial charge in [0.1, 0.15) is 17.1 Å². The fourth-order valence-corrected chi connectivity index (χ4v) is 5.37. The van der Waals surface area contributed by atoms with Gasteiger partial charge in [0.05, 0.1) is 23.5 Å². The van der Waals surface area contributed by atoms with Gasteiger partial charge in [-0.15, -0.1) is 0 Å². The number of halogens is 2. The van der Waals surface area contributed by atoms with E-state index in [1.165, 1.54) is 12.1 Å². The van der Waals surface area contributed by atoms with Crippen LogP contribution in [-0.2, 0) is 19.1 Å². The molecular weight excluding hydrogens is 465 g/mol. The summed E-state index contributed by atoms with van der Waals surface area (Å²) in [6, 6.07) is 3.79. The number of aliphatic imine (C=N–C) groups is 1. The molecule has 0 bridgehead atoms. The summed E-state index contributed by atoms with van der Waals surface area (Å²) < 4.78 is 18.8. The highest BCUT2D eigenvalue weighted by molar-refractivity contribution is 6.47. The van der Waals surface area contributed by atoms with Gasteiger partial charge in [-0.05, 0) is 62.6 Å². The van der Waals surface area contributed by atoms with E-state index in [-0.39, 0.29) is 41.2 Å². The van der Waals surface area contributed by atoms with Gasteiger partial charge in [-0.1, -0.05) is 11.6 Å². The minimum atomic E-state index is -1.37. The molecule has 0 aromatic heterocycles. The number of carbonyl (C=O) groups excluding carboxylic acids is 3. The fraction of sp³-hybridized carbons (Fsp3) is 0.565. The molecule has 1 saturated carbocycles. The van der Waals surface area contributed by atoms with E-state index in [0.29, 0.717) is 44.5 Å². The van der Waals surface area contributed by atoms with E-state index in [1.54, 1.807) is 0 Å². The van der Waals surface area contributed by atoms with Crippen LogP contribution in [0.5, 0.6) is 0 Å². The van der Waals surface area contributed by atoms with Gasteiger partial charge in [-0.25, -0.2) is 4.39 Å². The summed E-state index contributed by atoms with van der Waals surface area (Å²) >= 11 is 6.01. The highest BCUT2D eigenvalue weighted by Crippen LogP contribution is 2.38. The van der Waals surface area contributed by atoms with Crippen molar-refractivity contribution in [2.75, 3.05) is 25.1 Å². The minimum absolute atomic E-state index is 0.0366. The second-order valence-electron chi connectivity index (χ2n) is 9.02. The number of primary amides is 1. The summed E-state index contributed by atoms with van der Waals surface area (Å²) in [5.74, 6) is -2.37. The van der Waals surface area contributed by atoms with Gasteiger partial charge in [-0.2, -0.15) is 0 Å². The molecule has 0 spiro atoms. The molecule has 184 valence electrons. The van der Waals surface area contributed by atoms with Crippen molar-refractivity contribution in [3.05, 3.63) is 29.0 Å². The maximum atomic E-state index is 13.3. The molecule has 1 unspecified atom stereocenters. The van der Waals surface area contributed by atoms with Crippen LogP contribution in [0.2, 0.25) is 5.02 Å².